The number of benzene rings is 1. The average molecular weight is 352 g/mol. The zero-order valence-corrected chi connectivity index (χ0v) is 14.9. The van der Waals surface area contributed by atoms with Crippen LogP contribution in [0.15, 0.2) is 18.2 Å². The summed E-state index contributed by atoms with van der Waals surface area (Å²) in [5.41, 5.74) is 0.206. The van der Waals surface area contributed by atoms with Gasteiger partial charge in [-0.2, -0.15) is 0 Å². The quantitative estimate of drug-likeness (QED) is 0.693. The van der Waals surface area contributed by atoms with Gasteiger partial charge in [0.1, 0.15) is 0 Å². The first-order chi connectivity index (χ1) is 11.9. The highest BCUT2D eigenvalue weighted by Crippen LogP contribution is 2.28. The molecular weight excluding hydrogens is 328 g/mol. The first-order valence-corrected chi connectivity index (χ1v) is 7.99. The van der Waals surface area contributed by atoms with Gasteiger partial charge in [0.05, 0.1) is 19.3 Å². The summed E-state index contributed by atoms with van der Waals surface area (Å²) in [7, 11) is 1.45. The number of amides is 3. The van der Waals surface area contributed by atoms with Crippen LogP contribution in [-0.4, -0.2) is 44.3 Å². The van der Waals surface area contributed by atoms with Gasteiger partial charge >= 0.3 is 12.0 Å². The molecule has 0 aliphatic heterocycles. The minimum atomic E-state index is -0.716. The Hall–Kier alpha value is -2.77. The van der Waals surface area contributed by atoms with Gasteiger partial charge in [-0.25, -0.2) is 9.59 Å². The van der Waals surface area contributed by atoms with E-state index in [0.29, 0.717) is 18.1 Å². The average Bonchev–Trinajstić information content (AvgIpc) is 2.59. The number of rotatable bonds is 8. The second-order valence-electron chi connectivity index (χ2n) is 5.21. The Labute approximate surface area is 146 Å². The smallest absolute Gasteiger partial charge is 0.338 e. The maximum atomic E-state index is 12.0. The zero-order valence-electron chi connectivity index (χ0n) is 14.9. The molecule has 0 aliphatic carbocycles. The third-order valence-corrected chi connectivity index (χ3v) is 3.28. The summed E-state index contributed by atoms with van der Waals surface area (Å²) in [6.45, 7) is 5.43. The summed E-state index contributed by atoms with van der Waals surface area (Å²) < 4.78 is 15.4. The Bertz CT molecular complexity index is 617. The Morgan fingerprint density at radius 1 is 1.16 bits per heavy atom. The Kier molecular flexibility index (Phi) is 8.25. The first-order valence-electron chi connectivity index (χ1n) is 7.99. The van der Waals surface area contributed by atoms with E-state index in [9.17, 15) is 14.4 Å². The van der Waals surface area contributed by atoms with Crippen molar-refractivity contribution in [2.75, 3.05) is 20.3 Å². The van der Waals surface area contributed by atoms with E-state index in [-0.39, 0.29) is 11.6 Å². The summed E-state index contributed by atoms with van der Waals surface area (Å²) in [6.07, 6.45) is 0.732. The van der Waals surface area contributed by atoms with Crippen molar-refractivity contribution in [2.24, 2.45) is 0 Å². The molecule has 0 aromatic heterocycles. The van der Waals surface area contributed by atoms with Gasteiger partial charge in [-0.15, -0.1) is 0 Å². The fourth-order valence-electron chi connectivity index (χ4n) is 1.81. The molecule has 8 heteroatoms. The van der Waals surface area contributed by atoms with Crippen LogP contribution in [0.4, 0.5) is 4.79 Å². The molecule has 8 nitrogen and oxygen atoms in total. The maximum absolute atomic E-state index is 12.0. The molecule has 1 rings (SSSR count). The molecule has 0 unspecified atom stereocenters. The molecule has 138 valence electrons. The molecular formula is C17H24N2O6. The monoisotopic (exact) mass is 352 g/mol. The van der Waals surface area contributed by atoms with Gasteiger partial charge in [0, 0.05) is 6.04 Å². The van der Waals surface area contributed by atoms with Gasteiger partial charge in [-0.3, -0.25) is 10.1 Å². The number of ether oxygens (including phenoxy) is 3. The summed E-state index contributed by atoms with van der Waals surface area (Å²) in [6, 6.07) is 3.85. The van der Waals surface area contributed by atoms with Crippen LogP contribution < -0.4 is 20.1 Å². The molecule has 0 bridgehead atoms. The van der Waals surface area contributed by atoms with Crippen molar-refractivity contribution in [3.63, 3.8) is 0 Å². The third-order valence-electron chi connectivity index (χ3n) is 3.28. The van der Waals surface area contributed by atoms with Crippen molar-refractivity contribution < 1.29 is 28.6 Å². The predicted molar refractivity (Wildman–Crippen MR) is 90.9 cm³/mol. The van der Waals surface area contributed by atoms with Gasteiger partial charge in [0.15, 0.2) is 18.1 Å². The van der Waals surface area contributed by atoms with Gasteiger partial charge in [-0.05, 0) is 38.5 Å². The Balaban J connectivity index is 2.56. The molecule has 0 radical (unpaired) electrons. The van der Waals surface area contributed by atoms with E-state index in [1.54, 1.807) is 6.07 Å². The van der Waals surface area contributed by atoms with Crippen LogP contribution in [0.25, 0.3) is 0 Å². The van der Waals surface area contributed by atoms with Crippen LogP contribution in [0.2, 0.25) is 0 Å². The first kappa shape index (κ1) is 20.3. The van der Waals surface area contributed by atoms with Gasteiger partial charge in [0.2, 0.25) is 0 Å². The SMILES string of the molecule is CCOc1ccc(C(=O)OCC(=O)NC(=O)N[C@@H](C)CC)cc1OC. The second kappa shape index (κ2) is 10.2. The molecule has 1 aromatic carbocycles. The number of esters is 1. The topological polar surface area (TPSA) is 103 Å². The van der Waals surface area contributed by atoms with Crippen LogP contribution in [0.1, 0.15) is 37.6 Å². The van der Waals surface area contributed by atoms with E-state index >= 15 is 0 Å². The molecule has 0 fully saturated rings. The summed E-state index contributed by atoms with van der Waals surface area (Å²) in [5.74, 6) is -0.541. The van der Waals surface area contributed by atoms with Gasteiger partial charge in [0.25, 0.3) is 5.91 Å². The second-order valence-corrected chi connectivity index (χ2v) is 5.21. The number of carbonyl (C=O) groups excluding carboxylic acids is 3. The van der Waals surface area contributed by atoms with Crippen LogP contribution in [0.3, 0.4) is 0 Å². The van der Waals surface area contributed by atoms with Gasteiger partial charge in [-0.1, -0.05) is 6.92 Å². The minimum Gasteiger partial charge on any atom is -0.493 e. The number of hydrogen-bond donors (Lipinski definition) is 2. The fraction of sp³-hybridized carbons (Fsp3) is 0.471. The lowest BCUT2D eigenvalue weighted by atomic mass is 10.2. The van der Waals surface area contributed by atoms with Gasteiger partial charge < -0.3 is 19.5 Å². The van der Waals surface area contributed by atoms with Crippen LogP contribution in [0, 0.1) is 0 Å². The fourth-order valence-corrected chi connectivity index (χ4v) is 1.81. The Morgan fingerprint density at radius 2 is 1.88 bits per heavy atom. The molecule has 2 N–H and O–H groups in total. The number of urea groups is 1. The Morgan fingerprint density at radius 3 is 2.48 bits per heavy atom. The van der Waals surface area contributed by atoms with E-state index in [2.05, 4.69) is 10.6 Å². The van der Waals surface area contributed by atoms with E-state index in [0.717, 1.165) is 6.42 Å². The van der Waals surface area contributed by atoms with Crippen molar-refractivity contribution in [1.82, 2.24) is 10.6 Å². The largest absolute Gasteiger partial charge is 0.493 e. The molecule has 0 spiro atoms. The third kappa shape index (κ3) is 6.70. The standard InChI is InChI=1S/C17H24N2O6/c1-5-11(3)18-17(22)19-15(20)10-25-16(21)12-7-8-13(24-6-2)14(9-12)23-4/h7-9,11H,5-6,10H2,1-4H3,(H2,18,19,20,22)/t11-/m0/s1. The number of nitrogens with one attached hydrogen (secondary N) is 2. The highest BCUT2D eigenvalue weighted by molar-refractivity contribution is 5.97. The van der Waals surface area contributed by atoms with Crippen molar-refractivity contribution in [2.45, 2.75) is 33.2 Å². The summed E-state index contributed by atoms with van der Waals surface area (Å²) >= 11 is 0. The zero-order chi connectivity index (χ0) is 18.8. The van der Waals surface area contributed by atoms with E-state index < -0.39 is 24.5 Å². The summed E-state index contributed by atoms with van der Waals surface area (Å²) in [4.78, 5) is 35.1. The molecule has 25 heavy (non-hydrogen) atoms. The van der Waals surface area contributed by atoms with E-state index in [1.807, 2.05) is 20.8 Å². The number of imide groups is 1. The molecule has 0 saturated heterocycles. The highest BCUT2D eigenvalue weighted by Gasteiger charge is 2.15. The number of hydrogen-bond acceptors (Lipinski definition) is 6. The molecule has 0 saturated carbocycles. The van der Waals surface area contributed by atoms with Crippen LogP contribution in [0.5, 0.6) is 11.5 Å². The normalized spacial score (nSPS) is 11.2. The van der Waals surface area contributed by atoms with E-state index in [4.69, 9.17) is 14.2 Å². The lowest BCUT2D eigenvalue weighted by Crippen LogP contribution is -2.44. The molecule has 0 heterocycles. The lowest BCUT2D eigenvalue weighted by molar-refractivity contribution is -0.123. The van der Waals surface area contributed by atoms with E-state index in [1.165, 1.54) is 19.2 Å². The highest BCUT2D eigenvalue weighted by atomic mass is 16.5. The molecule has 1 aromatic rings. The van der Waals surface area contributed by atoms with Crippen molar-refractivity contribution in [1.29, 1.82) is 0 Å². The number of carbonyl (C=O) groups is 3. The maximum Gasteiger partial charge on any atom is 0.338 e. The molecule has 0 aliphatic rings. The van der Waals surface area contributed by atoms with Crippen molar-refractivity contribution in [3.8, 4) is 11.5 Å². The van der Waals surface area contributed by atoms with Crippen molar-refractivity contribution in [3.05, 3.63) is 23.8 Å². The molecule has 3 amide bonds. The predicted octanol–water partition coefficient (Wildman–Crippen LogP) is 1.87. The minimum absolute atomic E-state index is 0.0633. The van der Waals surface area contributed by atoms with Crippen LogP contribution in [-0.2, 0) is 9.53 Å². The van der Waals surface area contributed by atoms with Crippen molar-refractivity contribution >= 4 is 17.9 Å². The van der Waals surface area contributed by atoms with Crippen LogP contribution >= 0.6 is 0 Å². The lowest BCUT2D eigenvalue weighted by Gasteiger charge is -2.12. The number of methoxy groups -OCH3 is 1. The summed E-state index contributed by atoms with van der Waals surface area (Å²) in [5, 5.41) is 4.66. The molecule has 1 atom stereocenters.